The molecule has 3 aromatic heterocycles. The van der Waals surface area contributed by atoms with Gasteiger partial charge in [-0.25, -0.2) is 29.9 Å². The number of nitrogens with zero attached hydrogens (tertiary/aromatic N) is 6. The maximum Gasteiger partial charge on any atom is 0.167 e. The fraction of sp³-hybridized carbons (Fsp3) is 0.0526. The maximum absolute atomic E-state index is 6.70. The molecule has 7 heteroatoms. The van der Waals surface area contributed by atoms with Crippen molar-refractivity contribution in [3.8, 4) is 90.6 Å². The normalized spacial score (nSPS) is 12.7. The third-order valence-electron chi connectivity index (χ3n) is 12.4. The van der Waals surface area contributed by atoms with Gasteiger partial charge in [0.15, 0.2) is 34.9 Å². The summed E-state index contributed by atoms with van der Waals surface area (Å²) in [7, 11) is 0. The number of hydrogen-bond acceptors (Lipinski definition) is 7. The first-order chi connectivity index (χ1) is 31.5. The molecule has 3 heterocycles. The van der Waals surface area contributed by atoms with E-state index in [0.717, 1.165) is 72.0 Å². The summed E-state index contributed by atoms with van der Waals surface area (Å²) in [6.07, 6.45) is 0. The molecule has 0 saturated carbocycles. The highest BCUT2D eigenvalue weighted by atomic mass is 16.3. The van der Waals surface area contributed by atoms with Crippen LogP contribution >= 0.6 is 0 Å². The number of furan rings is 1. The predicted molar refractivity (Wildman–Crippen MR) is 256 cm³/mol. The lowest BCUT2D eigenvalue weighted by molar-refractivity contribution is 0.660. The van der Waals surface area contributed by atoms with Crippen molar-refractivity contribution in [3.63, 3.8) is 0 Å². The summed E-state index contributed by atoms with van der Waals surface area (Å²) >= 11 is 0. The van der Waals surface area contributed by atoms with Crippen molar-refractivity contribution in [1.29, 1.82) is 0 Å². The second kappa shape index (κ2) is 14.9. The molecule has 1 aliphatic rings. The highest BCUT2D eigenvalue weighted by Gasteiger charge is 2.37. The molecule has 0 aliphatic heterocycles. The minimum Gasteiger partial charge on any atom is -0.455 e. The van der Waals surface area contributed by atoms with Crippen LogP contribution in [0.15, 0.2) is 199 Å². The monoisotopic (exact) mass is 822 g/mol. The Morgan fingerprint density at radius 3 is 1.33 bits per heavy atom. The Bertz CT molecular complexity index is 3450. The molecule has 0 spiro atoms. The van der Waals surface area contributed by atoms with Crippen molar-refractivity contribution in [2.24, 2.45) is 0 Å². The van der Waals surface area contributed by atoms with Crippen LogP contribution in [0, 0.1) is 0 Å². The van der Waals surface area contributed by atoms with E-state index < -0.39 is 0 Å². The Hall–Kier alpha value is -8.42. The van der Waals surface area contributed by atoms with Gasteiger partial charge in [0.25, 0.3) is 0 Å². The van der Waals surface area contributed by atoms with Crippen LogP contribution in [0.1, 0.15) is 25.0 Å². The Morgan fingerprint density at radius 1 is 0.328 bits per heavy atom. The Balaban J connectivity index is 0.984. The summed E-state index contributed by atoms with van der Waals surface area (Å²) in [5.74, 6) is 3.69. The lowest BCUT2D eigenvalue weighted by atomic mass is 9.82. The van der Waals surface area contributed by atoms with Gasteiger partial charge in [0, 0.05) is 44.0 Å². The first kappa shape index (κ1) is 37.4. The summed E-state index contributed by atoms with van der Waals surface area (Å²) in [4.78, 5) is 30.2. The fourth-order valence-electron chi connectivity index (χ4n) is 9.18. The standard InChI is InChI=1S/C57H38N6O/c1-57(2)46-31-29-39(34-45(46)49-42(26-16-28-47(49)57)55-60-51(35-17-7-3-8-18-35)58-52(61-55)36-19-9-4-10-20-36)40-30-32-48-44(33-40)41-25-15-27-43(50(41)64-48)56-62-53(37-21-11-5-12-22-37)59-54(63-56)38-23-13-6-14-24-38/h3-34H,1-2H3. The molecule has 0 saturated heterocycles. The Morgan fingerprint density at radius 2 is 0.781 bits per heavy atom. The van der Waals surface area contributed by atoms with Crippen molar-refractivity contribution in [2.75, 3.05) is 0 Å². The van der Waals surface area contributed by atoms with Gasteiger partial charge in [-0.05, 0) is 57.6 Å². The minimum absolute atomic E-state index is 0.242. The Kier molecular flexibility index (Phi) is 8.69. The summed E-state index contributed by atoms with van der Waals surface area (Å²) < 4.78 is 6.70. The van der Waals surface area contributed by atoms with Crippen molar-refractivity contribution in [2.45, 2.75) is 19.3 Å². The number of rotatable bonds is 7. The average Bonchev–Trinajstić information content (AvgIpc) is 3.85. The average molecular weight is 823 g/mol. The Labute approximate surface area is 369 Å². The number of para-hydroxylation sites is 1. The molecule has 0 fully saturated rings. The van der Waals surface area contributed by atoms with Crippen LogP contribution in [0.2, 0.25) is 0 Å². The van der Waals surface area contributed by atoms with Crippen molar-refractivity contribution in [1.82, 2.24) is 29.9 Å². The van der Waals surface area contributed by atoms with Crippen LogP contribution in [0.3, 0.4) is 0 Å². The zero-order chi connectivity index (χ0) is 42.8. The topological polar surface area (TPSA) is 90.5 Å². The molecule has 7 nitrogen and oxygen atoms in total. The molecule has 11 aromatic rings. The molecule has 64 heavy (non-hydrogen) atoms. The summed E-state index contributed by atoms with van der Waals surface area (Å²) in [5, 5.41) is 2.01. The molecule has 0 N–H and O–H groups in total. The van der Waals surface area contributed by atoms with Crippen molar-refractivity contribution < 1.29 is 4.42 Å². The van der Waals surface area contributed by atoms with E-state index in [2.05, 4.69) is 80.6 Å². The fourth-order valence-corrected chi connectivity index (χ4v) is 9.18. The van der Waals surface area contributed by atoms with Crippen LogP contribution in [0.25, 0.3) is 113 Å². The third kappa shape index (κ3) is 6.28. The van der Waals surface area contributed by atoms with Gasteiger partial charge in [0.1, 0.15) is 11.2 Å². The largest absolute Gasteiger partial charge is 0.455 e. The van der Waals surface area contributed by atoms with E-state index >= 15 is 0 Å². The van der Waals surface area contributed by atoms with E-state index in [4.69, 9.17) is 34.3 Å². The molecule has 0 amide bonds. The number of benzene rings is 8. The molecule has 8 aromatic carbocycles. The predicted octanol–water partition coefficient (Wildman–Crippen LogP) is 13.9. The lowest BCUT2D eigenvalue weighted by Crippen LogP contribution is -2.14. The first-order valence-corrected chi connectivity index (χ1v) is 21.4. The van der Waals surface area contributed by atoms with E-state index in [1.54, 1.807) is 0 Å². The molecule has 0 atom stereocenters. The zero-order valence-electron chi connectivity index (χ0n) is 35.1. The van der Waals surface area contributed by atoms with Gasteiger partial charge in [-0.15, -0.1) is 0 Å². The van der Waals surface area contributed by atoms with Gasteiger partial charge in [-0.2, -0.15) is 0 Å². The molecule has 0 radical (unpaired) electrons. The van der Waals surface area contributed by atoms with Crippen LogP contribution < -0.4 is 0 Å². The van der Waals surface area contributed by atoms with Crippen LogP contribution in [-0.4, -0.2) is 29.9 Å². The van der Waals surface area contributed by atoms with Crippen molar-refractivity contribution >= 4 is 21.9 Å². The number of hydrogen-bond donors (Lipinski definition) is 0. The lowest BCUT2D eigenvalue weighted by Gasteiger charge is -2.21. The highest BCUT2D eigenvalue weighted by Crippen LogP contribution is 2.53. The van der Waals surface area contributed by atoms with Crippen molar-refractivity contribution in [3.05, 3.63) is 205 Å². The summed E-state index contributed by atoms with van der Waals surface area (Å²) in [6.45, 7) is 4.61. The second-order valence-electron chi connectivity index (χ2n) is 16.7. The minimum atomic E-state index is -0.242. The summed E-state index contributed by atoms with van der Waals surface area (Å²) in [5.41, 5.74) is 13.8. The molecule has 12 rings (SSSR count). The van der Waals surface area contributed by atoms with Crippen LogP contribution in [0.4, 0.5) is 0 Å². The van der Waals surface area contributed by atoms with Gasteiger partial charge in [-0.1, -0.05) is 184 Å². The molecular weight excluding hydrogens is 785 g/mol. The van der Waals surface area contributed by atoms with Gasteiger partial charge >= 0.3 is 0 Å². The van der Waals surface area contributed by atoms with Crippen LogP contribution in [0.5, 0.6) is 0 Å². The first-order valence-electron chi connectivity index (χ1n) is 21.4. The number of fused-ring (bicyclic) bond motifs is 6. The van der Waals surface area contributed by atoms with E-state index in [-0.39, 0.29) is 5.41 Å². The van der Waals surface area contributed by atoms with Gasteiger partial charge < -0.3 is 4.42 Å². The van der Waals surface area contributed by atoms with E-state index in [9.17, 15) is 0 Å². The smallest absolute Gasteiger partial charge is 0.167 e. The third-order valence-corrected chi connectivity index (χ3v) is 12.4. The summed E-state index contributed by atoms with van der Waals surface area (Å²) in [6, 6.07) is 66.4. The van der Waals surface area contributed by atoms with Crippen LogP contribution in [-0.2, 0) is 5.41 Å². The van der Waals surface area contributed by atoms with E-state index in [0.29, 0.717) is 34.9 Å². The second-order valence-corrected chi connectivity index (χ2v) is 16.7. The van der Waals surface area contributed by atoms with E-state index in [1.807, 2.05) is 127 Å². The molecule has 0 unspecified atom stereocenters. The molecule has 0 bridgehead atoms. The molecule has 302 valence electrons. The van der Waals surface area contributed by atoms with Gasteiger partial charge in [-0.3, -0.25) is 0 Å². The van der Waals surface area contributed by atoms with Gasteiger partial charge in [0.2, 0.25) is 0 Å². The molecule has 1 aliphatic carbocycles. The molecular formula is C57H38N6O. The SMILES string of the molecule is CC1(C)c2ccc(-c3ccc4oc5c(-c6nc(-c7ccccc7)nc(-c7ccccc7)n6)cccc5c4c3)cc2-c2c(-c3nc(-c4ccccc4)nc(-c4ccccc4)n3)cccc21. The zero-order valence-corrected chi connectivity index (χ0v) is 35.1. The van der Waals surface area contributed by atoms with Gasteiger partial charge in [0.05, 0.1) is 5.56 Å². The number of aromatic nitrogens is 6. The highest BCUT2D eigenvalue weighted by molar-refractivity contribution is 6.10. The maximum atomic E-state index is 6.70. The van der Waals surface area contributed by atoms with E-state index in [1.165, 1.54) is 16.7 Å². The quantitative estimate of drug-likeness (QED) is 0.158.